The number of para-hydroxylation sites is 2. The van der Waals surface area contributed by atoms with Crippen molar-refractivity contribution in [1.82, 2.24) is 9.97 Å². The van der Waals surface area contributed by atoms with Gasteiger partial charge in [0.1, 0.15) is 22.3 Å². The molecule has 11 aromatic rings. The summed E-state index contributed by atoms with van der Waals surface area (Å²) in [6, 6.07) is 50.6. The molecule has 5 heteroatoms. The molecule has 0 aliphatic rings. The first kappa shape index (κ1) is 26.7. The summed E-state index contributed by atoms with van der Waals surface area (Å²) in [7, 11) is 0. The number of aromatic nitrogens is 2. The van der Waals surface area contributed by atoms with Crippen molar-refractivity contribution in [3.05, 3.63) is 146 Å². The lowest BCUT2D eigenvalue weighted by molar-refractivity contribution is 0.668. The maximum absolute atomic E-state index is 6.87. The predicted octanol–water partition coefficient (Wildman–Crippen LogP) is 12.8. The SMILES string of the molecule is c1ccc(-c2nc(-c3cc4c5cccc(-c6ccc7oc8ccccc8c7c6)c5oc4c4ccccc34)nc3c2sc2ccccc23)cc1. The summed E-state index contributed by atoms with van der Waals surface area (Å²) in [6.45, 7) is 0. The third-order valence-corrected chi connectivity index (χ3v) is 10.9. The van der Waals surface area contributed by atoms with E-state index in [-0.39, 0.29) is 0 Å². The van der Waals surface area contributed by atoms with Crippen LogP contribution in [0.25, 0.3) is 109 Å². The first-order chi connectivity index (χ1) is 24.3. The van der Waals surface area contributed by atoms with Crippen LogP contribution in [-0.4, -0.2) is 9.97 Å². The van der Waals surface area contributed by atoms with Gasteiger partial charge in [0, 0.05) is 53.7 Å². The molecule has 4 aromatic heterocycles. The molecule has 7 aromatic carbocycles. The Morgan fingerprint density at radius 2 is 1.14 bits per heavy atom. The number of furan rings is 2. The fourth-order valence-electron chi connectivity index (χ4n) is 7.43. The topological polar surface area (TPSA) is 52.1 Å². The maximum atomic E-state index is 6.87. The normalized spacial score (nSPS) is 12.1. The van der Waals surface area contributed by atoms with E-state index in [1.54, 1.807) is 11.3 Å². The minimum Gasteiger partial charge on any atom is -0.456 e. The lowest BCUT2D eigenvalue weighted by Gasteiger charge is -2.10. The van der Waals surface area contributed by atoms with Crippen LogP contribution >= 0.6 is 11.3 Å². The zero-order valence-electron chi connectivity index (χ0n) is 26.0. The van der Waals surface area contributed by atoms with Crippen LogP contribution in [0.2, 0.25) is 0 Å². The van der Waals surface area contributed by atoms with Crippen LogP contribution in [0, 0.1) is 0 Å². The lowest BCUT2D eigenvalue weighted by atomic mass is 9.97. The lowest BCUT2D eigenvalue weighted by Crippen LogP contribution is -1.94. The average Bonchev–Trinajstić information content (AvgIpc) is 3.85. The van der Waals surface area contributed by atoms with Crippen LogP contribution in [-0.2, 0) is 0 Å². The van der Waals surface area contributed by atoms with Crippen LogP contribution in [0.15, 0.2) is 154 Å². The molecule has 0 saturated heterocycles. The minimum atomic E-state index is 0.704. The van der Waals surface area contributed by atoms with Crippen LogP contribution in [0.1, 0.15) is 0 Å². The van der Waals surface area contributed by atoms with E-state index in [1.807, 2.05) is 18.2 Å². The highest BCUT2D eigenvalue weighted by molar-refractivity contribution is 7.26. The summed E-state index contributed by atoms with van der Waals surface area (Å²) in [5.41, 5.74) is 9.61. The monoisotopic (exact) mass is 644 g/mol. The van der Waals surface area contributed by atoms with Crippen molar-refractivity contribution >= 4 is 86.3 Å². The highest BCUT2D eigenvalue weighted by Crippen LogP contribution is 2.44. The molecule has 0 bridgehead atoms. The van der Waals surface area contributed by atoms with E-state index in [1.165, 1.54) is 4.70 Å². The average molecular weight is 645 g/mol. The van der Waals surface area contributed by atoms with Crippen molar-refractivity contribution in [1.29, 1.82) is 0 Å². The molecule has 0 amide bonds. The number of benzene rings is 7. The van der Waals surface area contributed by atoms with Gasteiger partial charge in [-0.25, -0.2) is 9.97 Å². The number of rotatable bonds is 3. The van der Waals surface area contributed by atoms with E-state index >= 15 is 0 Å². The summed E-state index contributed by atoms with van der Waals surface area (Å²) in [5.74, 6) is 0.704. The van der Waals surface area contributed by atoms with E-state index < -0.39 is 0 Å². The van der Waals surface area contributed by atoms with Crippen LogP contribution in [0.3, 0.4) is 0 Å². The molecule has 228 valence electrons. The molecular weight excluding hydrogens is 621 g/mol. The summed E-state index contributed by atoms with van der Waals surface area (Å²) >= 11 is 1.75. The molecule has 0 aliphatic carbocycles. The van der Waals surface area contributed by atoms with Gasteiger partial charge in [-0.3, -0.25) is 0 Å². The van der Waals surface area contributed by atoms with Gasteiger partial charge in [0.2, 0.25) is 0 Å². The van der Waals surface area contributed by atoms with Crippen molar-refractivity contribution in [2.24, 2.45) is 0 Å². The fourth-order valence-corrected chi connectivity index (χ4v) is 8.58. The van der Waals surface area contributed by atoms with Gasteiger partial charge in [0.25, 0.3) is 0 Å². The van der Waals surface area contributed by atoms with Crippen molar-refractivity contribution in [2.75, 3.05) is 0 Å². The molecule has 4 nitrogen and oxygen atoms in total. The number of nitrogens with zero attached hydrogens (tertiary/aromatic N) is 2. The molecule has 0 unspecified atom stereocenters. The third kappa shape index (κ3) is 3.91. The van der Waals surface area contributed by atoms with Crippen LogP contribution < -0.4 is 0 Å². The Hall–Kier alpha value is -6.30. The summed E-state index contributed by atoms with van der Waals surface area (Å²) in [6.07, 6.45) is 0. The van der Waals surface area contributed by atoms with Gasteiger partial charge >= 0.3 is 0 Å². The molecule has 0 atom stereocenters. The number of hydrogen-bond acceptors (Lipinski definition) is 5. The van der Waals surface area contributed by atoms with E-state index in [0.717, 1.165) is 98.2 Å². The standard InChI is InChI=1S/C44H24N2O2S/c1-2-11-25(12-3-1)39-43-40(32-16-7-9-20-38(32)49-43)46-44(45-39)35-24-34-31-18-10-17-27(41(31)48-42(34)30-15-5-4-13-28(30)35)26-21-22-37-33(23-26)29-14-6-8-19-36(29)47-37/h1-24H. The Morgan fingerprint density at radius 3 is 2.04 bits per heavy atom. The number of hydrogen-bond donors (Lipinski definition) is 0. The molecule has 0 spiro atoms. The zero-order chi connectivity index (χ0) is 32.1. The Labute approximate surface area is 283 Å². The molecule has 0 aliphatic heterocycles. The smallest absolute Gasteiger partial charge is 0.161 e. The Bertz CT molecular complexity index is 3110. The van der Waals surface area contributed by atoms with Crippen molar-refractivity contribution in [3.63, 3.8) is 0 Å². The van der Waals surface area contributed by atoms with E-state index in [9.17, 15) is 0 Å². The molecule has 4 heterocycles. The second-order valence-electron chi connectivity index (χ2n) is 12.5. The van der Waals surface area contributed by atoms with Crippen LogP contribution in [0.5, 0.6) is 0 Å². The summed E-state index contributed by atoms with van der Waals surface area (Å²) in [4.78, 5) is 10.6. The van der Waals surface area contributed by atoms with Crippen molar-refractivity contribution in [2.45, 2.75) is 0 Å². The van der Waals surface area contributed by atoms with Gasteiger partial charge in [-0.05, 0) is 41.3 Å². The maximum Gasteiger partial charge on any atom is 0.161 e. The molecule has 11 rings (SSSR count). The fraction of sp³-hybridized carbons (Fsp3) is 0. The van der Waals surface area contributed by atoms with Crippen LogP contribution in [0.4, 0.5) is 0 Å². The van der Waals surface area contributed by atoms with E-state index in [4.69, 9.17) is 18.8 Å². The van der Waals surface area contributed by atoms with Crippen molar-refractivity contribution < 1.29 is 8.83 Å². The number of thiophene rings is 1. The van der Waals surface area contributed by atoms with E-state index in [2.05, 4.69) is 127 Å². The van der Waals surface area contributed by atoms with Gasteiger partial charge in [-0.2, -0.15) is 0 Å². The third-order valence-electron chi connectivity index (χ3n) is 9.70. The minimum absolute atomic E-state index is 0.704. The predicted molar refractivity (Wildman–Crippen MR) is 203 cm³/mol. The van der Waals surface area contributed by atoms with Gasteiger partial charge in [-0.15, -0.1) is 11.3 Å². The molecule has 0 fully saturated rings. The second kappa shape index (κ2) is 10.1. The quantitative estimate of drug-likeness (QED) is 0.192. The summed E-state index contributed by atoms with van der Waals surface area (Å²) in [5, 5.41) is 7.54. The van der Waals surface area contributed by atoms with Crippen molar-refractivity contribution in [3.8, 4) is 33.8 Å². The van der Waals surface area contributed by atoms with E-state index in [0.29, 0.717) is 5.82 Å². The summed E-state index contributed by atoms with van der Waals surface area (Å²) < 4.78 is 15.3. The molecule has 49 heavy (non-hydrogen) atoms. The molecule has 0 radical (unpaired) electrons. The van der Waals surface area contributed by atoms with Gasteiger partial charge in [0.15, 0.2) is 5.82 Å². The van der Waals surface area contributed by atoms with Gasteiger partial charge in [0.05, 0.1) is 15.9 Å². The Morgan fingerprint density at radius 1 is 0.429 bits per heavy atom. The Kier molecular flexibility index (Phi) is 5.51. The second-order valence-corrected chi connectivity index (χ2v) is 13.5. The highest BCUT2D eigenvalue weighted by atomic mass is 32.1. The van der Waals surface area contributed by atoms with Gasteiger partial charge < -0.3 is 8.83 Å². The first-order valence-electron chi connectivity index (χ1n) is 16.3. The van der Waals surface area contributed by atoms with Gasteiger partial charge in [-0.1, -0.05) is 115 Å². The molecular formula is C44H24N2O2S. The highest BCUT2D eigenvalue weighted by Gasteiger charge is 2.21. The zero-order valence-corrected chi connectivity index (χ0v) is 26.8. The molecule has 0 N–H and O–H groups in total. The molecule has 0 saturated carbocycles. The Balaban J connectivity index is 1.19. The number of fused-ring (bicyclic) bond motifs is 11. The first-order valence-corrected chi connectivity index (χ1v) is 17.1. The largest absolute Gasteiger partial charge is 0.456 e.